The van der Waals surface area contributed by atoms with E-state index in [-0.39, 0.29) is 24.3 Å². The summed E-state index contributed by atoms with van der Waals surface area (Å²) in [5.74, 6) is 1.60. The largest absolute Gasteiger partial charge is 0.481 e. The van der Waals surface area contributed by atoms with Gasteiger partial charge in [0.2, 0.25) is 0 Å². The topological polar surface area (TPSA) is 103 Å². The summed E-state index contributed by atoms with van der Waals surface area (Å²) >= 11 is 1.76. The van der Waals surface area contributed by atoms with Gasteiger partial charge in [-0.05, 0) is 87.2 Å². The number of pyridine rings is 1. The van der Waals surface area contributed by atoms with Gasteiger partial charge in [-0.3, -0.25) is 9.59 Å². The monoisotopic (exact) mass is 513 g/mol. The highest BCUT2D eigenvalue weighted by atomic mass is 32.2. The first-order valence-corrected chi connectivity index (χ1v) is 14.9. The molecule has 5 saturated carbocycles. The lowest BCUT2D eigenvalue weighted by Gasteiger charge is -2.58. The Balaban J connectivity index is 1.21. The first-order valence-electron chi connectivity index (χ1n) is 14.0. The van der Waals surface area contributed by atoms with Gasteiger partial charge in [-0.1, -0.05) is 19.3 Å². The molecule has 5 aliphatic carbocycles. The van der Waals surface area contributed by atoms with Crippen molar-refractivity contribution in [2.75, 3.05) is 18.0 Å². The highest BCUT2D eigenvalue weighted by Crippen LogP contribution is 2.55. The molecular formula is C28H39N3O4S. The predicted molar refractivity (Wildman–Crippen MR) is 139 cm³/mol. The quantitative estimate of drug-likeness (QED) is 0.494. The second kappa shape index (κ2) is 9.82. The molecule has 7 nitrogen and oxygen atoms in total. The highest BCUT2D eigenvalue weighted by Gasteiger charge is 2.55. The molecule has 0 spiro atoms. The Morgan fingerprint density at radius 1 is 1.08 bits per heavy atom. The summed E-state index contributed by atoms with van der Waals surface area (Å²) in [6.45, 7) is 1.51. The molecule has 0 radical (unpaired) electrons. The van der Waals surface area contributed by atoms with E-state index < -0.39 is 11.6 Å². The number of nitrogens with one attached hydrogen (secondary N) is 1. The second-order valence-electron chi connectivity index (χ2n) is 12.3. The molecule has 1 aromatic heterocycles. The number of aliphatic carboxylic acids is 1. The van der Waals surface area contributed by atoms with Crippen LogP contribution in [0.2, 0.25) is 0 Å². The number of nitrogens with zero attached hydrogens (tertiary/aromatic N) is 2. The molecule has 1 saturated heterocycles. The number of hydrogen-bond donors (Lipinski definition) is 3. The number of aromatic nitrogens is 1. The van der Waals surface area contributed by atoms with E-state index in [0.29, 0.717) is 35.1 Å². The Kier molecular flexibility index (Phi) is 6.69. The van der Waals surface area contributed by atoms with Crippen LogP contribution in [0, 0.1) is 23.7 Å². The highest BCUT2D eigenvalue weighted by molar-refractivity contribution is 7.99. The fourth-order valence-electron chi connectivity index (χ4n) is 8.11. The molecule has 1 aromatic rings. The van der Waals surface area contributed by atoms with Crippen molar-refractivity contribution in [1.82, 2.24) is 10.3 Å². The molecule has 6 aliphatic rings. The Morgan fingerprint density at radius 3 is 2.53 bits per heavy atom. The van der Waals surface area contributed by atoms with Crippen LogP contribution in [0.1, 0.15) is 87.4 Å². The van der Waals surface area contributed by atoms with Gasteiger partial charge in [0.1, 0.15) is 10.8 Å². The third-order valence-corrected chi connectivity index (χ3v) is 10.9. The van der Waals surface area contributed by atoms with Gasteiger partial charge in [0.25, 0.3) is 5.91 Å². The van der Waals surface area contributed by atoms with Crippen molar-refractivity contribution in [3.05, 3.63) is 17.7 Å². The van der Waals surface area contributed by atoms with Crippen molar-refractivity contribution in [3.8, 4) is 0 Å². The van der Waals surface area contributed by atoms with E-state index in [0.717, 1.165) is 68.8 Å². The van der Waals surface area contributed by atoms with Crippen LogP contribution in [0.3, 0.4) is 0 Å². The lowest BCUT2D eigenvalue weighted by Crippen LogP contribution is -2.61. The van der Waals surface area contributed by atoms with Gasteiger partial charge in [-0.2, -0.15) is 0 Å². The van der Waals surface area contributed by atoms with Gasteiger partial charge in [-0.25, -0.2) is 4.98 Å². The summed E-state index contributed by atoms with van der Waals surface area (Å²) in [5.41, 5.74) is 0.167. The molecule has 8 heteroatoms. The standard InChI is InChI=1S/C28H39N3O4S/c32-24(33)12-17-8-9-31(16-17)23-7-6-22(27(29-23)36-21-4-2-1-3-5-21)26(34)30-25-19-10-18-11-20(25)15-28(35,13-18)14-19/h6-7,17-21,25,35H,1-5,8-16H2,(H,30,34)(H,32,33). The zero-order valence-electron chi connectivity index (χ0n) is 21.0. The molecule has 3 atom stereocenters. The number of rotatable bonds is 7. The van der Waals surface area contributed by atoms with Crippen molar-refractivity contribution < 1.29 is 19.8 Å². The summed E-state index contributed by atoms with van der Waals surface area (Å²) in [4.78, 5) is 32.0. The number of aliphatic hydroxyl groups is 1. The van der Waals surface area contributed by atoms with Gasteiger partial charge in [0.15, 0.2) is 0 Å². The molecule has 1 amide bonds. The lowest BCUT2D eigenvalue weighted by molar-refractivity contribution is -0.138. The van der Waals surface area contributed by atoms with Crippen LogP contribution in [-0.4, -0.2) is 57.1 Å². The fraction of sp³-hybridized carbons (Fsp3) is 0.750. The van der Waals surface area contributed by atoms with Crippen molar-refractivity contribution in [2.45, 2.75) is 99.0 Å². The number of carboxylic acids is 1. The molecule has 4 bridgehead atoms. The number of amides is 1. The van der Waals surface area contributed by atoms with E-state index in [1.54, 1.807) is 11.8 Å². The summed E-state index contributed by atoms with van der Waals surface area (Å²) < 4.78 is 0. The minimum atomic E-state index is -0.743. The smallest absolute Gasteiger partial charge is 0.303 e. The minimum Gasteiger partial charge on any atom is -0.481 e. The van der Waals surface area contributed by atoms with Crippen LogP contribution in [0.5, 0.6) is 0 Å². The number of hydrogen-bond acceptors (Lipinski definition) is 6. The average Bonchev–Trinajstić information content (AvgIpc) is 3.29. The van der Waals surface area contributed by atoms with E-state index in [2.05, 4.69) is 10.2 Å². The van der Waals surface area contributed by atoms with Crippen molar-refractivity contribution in [2.24, 2.45) is 23.7 Å². The Hall–Kier alpha value is -1.80. The molecule has 36 heavy (non-hydrogen) atoms. The maximum atomic E-state index is 13.7. The maximum absolute atomic E-state index is 13.7. The average molecular weight is 514 g/mol. The van der Waals surface area contributed by atoms with Crippen LogP contribution in [-0.2, 0) is 4.79 Å². The molecule has 7 rings (SSSR count). The molecule has 3 N–H and O–H groups in total. The normalized spacial score (nSPS) is 35.8. The Bertz CT molecular complexity index is 997. The number of carboxylic acid groups (broad SMARTS) is 1. The van der Waals surface area contributed by atoms with Gasteiger partial charge in [-0.15, -0.1) is 11.8 Å². The zero-order chi connectivity index (χ0) is 24.9. The van der Waals surface area contributed by atoms with Gasteiger partial charge in [0.05, 0.1) is 11.2 Å². The number of thioether (sulfide) groups is 1. The van der Waals surface area contributed by atoms with Crippen molar-refractivity contribution in [3.63, 3.8) is 0 Å². The van der Waals surface area contributed by atoms with Crippen LogP contribution in [0.4, 0.5) is 5.82 Å². The summed E-state index contributed by atoms with van der Waals surface area (Å²) in [7, 11) is 0. The molecule has 196 valence electrons. The van der Waals surface area contributed by atoms with Crippen LogP contribution >= 0.6 is 11.8 Å². The van der Waals surface area contributed by atoms with E-state index in [1.807, 2.05) is 12.1 Å². The fourth-order valence-corrected chi connectivity index (χ4v) is 9.43. The van der Waals surface area contributed by atoms with Crippen LogP contribution < -0.4 is 10.2 Å². The second-order valence-corrected chi connectivity index (χ2v) is 13.6. The van der Waals surface area contributed by atoms with Gasteiger partial charge in [0, 0.05) is 30.8 Å². The first kappa shape index (κ1) is 24.5. The number of carbonyl (C=O) groups excluding carboxylic acids is 1. The third kappa shape index (κ3) is 5.00. The minimum absolute atomic E-state index is 0.0259. The summed E-state index contributed by atoms with van der Waals surface area (Å²) in [5, 5.41) is 24.8. The Labute approximate surface area is 217 Å². The molecule has 6 fully saturated rings. The van der Waals surface area contributed by atoms with Crippen LogP contribution in [0.25, 0.3) is 0 Å². The third-order valence-electron chi connectivity index (χ3n) is 9.53. The number of carbonyl (C=O) groups is 2. The maximum Gasteiger partial charge on any atom is 0.303 e. The van der Waals surface area contributed by atoms with Crippen LogP contribution in [0.15, 0.2) is 17.2 Å². The van der Waals surface area contributed by atoms with E-state index in [4.69, 9.17) is 4.98 Å². The van der Waals surface area contributed by atoms with Crippen molar-refractivity contribution in [1.29, 1.82) is 0 Å². The van der Waals surface area contributed by atoms with Gasteiger partial charge < -0.3 is 20.4 Å². The SMILES string of the molecule is O=C(O)CC1CCN(c2ccc(C(=O)NC3C4CC5CC3CC(O)(C5)C4)c(SC3CCCCC3)n2)C1. The number of anilines is 1. The van der Waals surface area contributed by atoms with E-state index in [1.165, 1.54) is 19.3 Å². The van der Waals surface area contributed by atoms with E-state index >= 15 is 0 Å². The lowest BCUT2D eigenvalue weighted by atomic mass is 9.52. The summed E-state index contributed by atoms with van der Waals surface area (Å²) in [6, 6.07) is 4.04. The summed E-state index contributed by atoms with van der Waals surface area (Å²) in [6.07, 6.45) is 12.0. The molecular weight excluding hydrogens is 474 g/mol. The molecule has 2 heterocycles. The predicted octanol–water partition coefficient (Wildman–Crippen LogP) is 4.48. The van der Waals surface area contributed by atoms with Crippen molar-refractivity contribution >= 4 is 29.5 Å². The molecule has 1 aliphatic heterocycles. The molecule has 0 aromatic carbocycles. The first-order chi connectivity index (χ1) is 17.3. The molecule has 3 unspecified atom stereocenters. The van der Waals surface area contributed by atoms with Gasteiger partial charge >= 0.3 is 5.97 Å². The Morgan fingerprint density at radius 2 is 1.83 bits per heavy atom. The van der Waals surface area contributed by atoms with E-state index in [9.17, 15) is 19.8 Å². The zero-order valence-corrected chi connectivity index (χ0v) is 21.8.